The van der Waals surface area contributed by atoms with Crippen molar-refractivity contribution in [2.24, 2.45) is 16.8 Å². The van der Waals surface area contributed by atoms with Crippen molar-refractivity contribution < 1.29 is 0 Å². The van der Waals surface area contributed by atoms with Gasteiger partial charge in [-0.3, -0.25) is 4.99 Å². The van der Waals surface area contributed by atoms with Gasteiger partial charge in [-0.05, 0) is 36.6 Å². The minimum Gasteiger partial charge on any atom is -0.315 e. The van der Waals surface area contributed by atoms with E-state index in [0.717, 1.165) is 26.1 Å². The number of halogens is 2. The van der Waals surface area contributed by atoms with Gasteiger partial charge < -0.3 is 5.32 Å². The number of piperidine rings is 1. The third kappa shape index (κ3) is 2.10. The molecule has 2 nitrogen and oxygen atoms in total. The predicted molar refractivity (Wildman–Crippen MR) is 81.6 cm³/mol. The zero-order chi connectivity index (χ0) is 13.5. The Bertz CT molecular complexity index is 515. The molecular weight excluding hydrogens is 279 g/mol. The van der Waals surface area contributed by atoms with Gasteiger partial charge in [0.05, 0.1) is 10.0 Å². The fourth-order valence-electron chi connectivity index (χ4n) is 3.39. The summed E-state index contributed by atoms with van der Waals surface area (Å²) in [6.45, 7) is 5.16. The van der Waals surface area contributed by atoms with E-state index >= 15 is 0 Å². The molecule has 1 aromatic rings. The van der Waals surface area contributed by atoms with Crippen LogP contribution < -0.4 is 5.32 Å². The molecule has 0 radical (unpaired) electrons. The van der Waals surface area contributed by atoms with Crippen LogP contribution in [0.3, 0.4) is 0 Å². The highest BCUT2D eigenvalue weighted by molar-refractivity contribution is 6.42. The molecule has 1 saturated heterocycles. The molecule has 1 aromatic carbocycles. The average Bonchev–Trinajstić information content (AvgIpc) is 2.81. The van der Waals surface area contributed by atoms with E-state index in [2.05, 4.69) is 29.5 Å². The molecular formula is C15H18Cl2N2. The molecule has 1 aliphatic carbocycles. The van der Waals surface area contributed by atoms with Gasteiger partial charge in [0.2, 0.25) is 0 Å². The quantitative estimate of drug-likeness (QED) is 0.844. The van der Waals surface area contributed by atoms with Crippen LogP contribution in [-0.2, 0) is 5.41 Å². The maximum absolute atomic E-state index is 6.16. The van der Waals surface area contributed by atoms with Crippen molar-refractivity contribution in [1.82, 2.24) is 5.32 Å². The number of nitrogens with one attached hydrogen (secondary N) is 1. The number of hydrogen-bond donors (Lipinski definition) is 1. The van der Waals surface area contributed by atoms with Gasteiger partial charge in [-0.1, -0.05) is 36.2 Å². The summed E-state index contributed by atoms with van der Waals surface area (Å²) >= 11 is 12.2. The fraction of sp³-hybridized carbons (Fsp3) is 0.533. The zero-order valence-corrected chi connectivity index (χ0v) is 12.5. The van der Waals surface area contributed by atoms with E-state index in [4.69, 9.17) is 23.2 Å². The molecule has 2 fully saturated rings. The van der Waals surface area contributed by atoms with Gasteiger partial charge in [-0.25, -0.2) is 0 Å². The maximum Gasteiger partial charge on any atom is 0.0595 e. The van der Waals surface area contributed by atoms with Crippen LogP contribution in [0.1, 0.15) is 18.9 Å². The van der Waals surface area contributed by atoms with E-state index in [1.165, 1.54) is 5.56 Å². The first-order chi connectivity index (χ1) is 9.20. The fourth-order valence-corrected chi connectivity index (χ4v) is 3.69. The lowest BCUT2D eigenvalue weighted by molar-refractivity contribution is 0.639. The van der Waals surface area contributed by atoms with Crippen LogP contribution in [0.2, 0.25) is 10.0 Å². The summed E-state index contributed by atoms with van der Waals surface area (Å²) in [6.07, 6.45) is 3.27. The van der Waals surface area contributed by atoms with Crippen LogP contribution in [0.5, 0.6) is 0 Å². The van der Waals surface area contributed by atoms with Crippen LogP contribution in [0, 0.1) is 11.8 Å². The third-order valence-corrected chi connectivity index (χ3v) is 5.18. The first kappa shape index (κ1) is 13.4. The molecule has 0 bridgehead atoms. The maximum atomic E-state index is 6.16. The predicted octanol–water partition coefficient (Wildman–Crippen LogP) is 3.56. The Morgan fingerprint density at radius 3 is 3.00 bits per heavy atom. The Hall–Kier alpha value is -0.570. The van der Waals surface area contributed by atoms with E-state index in [9.17, 15) is 0 Å². The molecule has 3 atom stereocenters. The summed E-state index contributed by atoms with van der Waals surface area (Å²) in [7, 11) is 0. The zero-order valence-electron chi connectivity index (χ0n) is 11.0. The second-order valence-corrected chi connectivity index (χ2v) is 6.30. The van der Waals surface area contributed by atoms with Crippen molar-refractivity contribution in [3.8, 4) is 0 Å². The van der Waals surface area contributed by atoms with Crippen LogP contribution >= 0.6 is 23.2 Å². The molecule has 2 aliphatic rings. The molecule has 102 valence electrons. The molecule has 1 heterocycles. The topological polar surface area (TPSA) is 24.4 Å². The molecule has 3 unspecified atom stereocenters. The molecule has 0 aromatic heterocycles. The van der Waals surface area contributed by atoms with Crippen molar-refractivity contribution in [3.63, 3.8) is 0 Å². The summed E-state index contributed by atoms with van der Waals surface area (Å²) in [5, 5.41) is 4.75. The Labute approximate surface area is 124 Å². The van der Waals surface area contributed by atoms with Crippen LogP contribution in [0.15, 0.2) is 23.2 Å². The molecule has 1 aliphatic heterocycles. The standard InChI is InChI=1S/C15H18Cl2N2/c1-2-5-18-7-11-12-8-19-9-15(11,12)10-3-4-13(16)14(17)6-10/h3-4,6-7,11-12,19H,2,5,8-9H2,1H3. The number of hydrogen-bond acceptors (Lipinski definition) is 2. The number of aliphatic imine (C=N–C) groups is 1. The Kier molecular flexibility index (Phi) is 3.59. The van der Waals surface area contributed by atoms with Crippen molar-refractivity contribution in [1.29, 1.82) is 0 Å². The smallest absolute Gasteiger partial charge is 0.0595 e. The summed E-state index contributed by atoms with van der Waals surface area (Å²) in [6, 6.07) is 6.04. The monoisotopic (exact) mass is 296 g/mol. The van der Waals surface area contributed by atoms with Crippen molar-refractivity contribution in [3.05, 3.63) is 33.8 Å². The van der Waals surface area contributed by atoms with E-state index < -0.39 is 0 Å². The molecule has 19 heavy (non-hydrogen) atoms. The van der Waals surface area contributed by atoms with E-state index in [-0.39, 0.29) is 5.41 Å². The second-order valence-electron chi connectivity index (χ2n) is 5.49. The highest BCUT2D eigenvalue weighted by Crippen LogP contribution is 2.61. The molecule has 0 amide bonds. The molecule has 3 rings (SSSR count). The minimum atomic E-state index is 0.200. The van der Waals surface area contributed by atoms with E-state index in [0.29, 0.717) is 21.9 Å². The Morgan fingerprint density at radius 1 is 1.42 bits per heavy atom. The number of rotatable bonds is 4. The van der Waals surface area contributed by atoms with Gasteiger partial charge in [0.15, 0.2) is 0 Å². The minimum absolute atomic E-state index is 0.200. The van der Waals surface area contributed by atoms with Gasteiger partial charge in [0, 0.05) is 30.6 Å². The van der Waals surface area contributed by atoms with Crippen LogP contribution in [-0.4, -0.2) is 25.8 Å². The number of fused-ring (bicyclic) bond motifs is 1. The molecule has 0 spiro atoms. The lowest BCUT2D eigenvalue weighted by Crippen LogP contribution is -2.24. The highest BCUT2D eigenvalue weighted by Gasteiger charge is 2.66. The van der Waals surface area contributed by atoms with Gasteiger partial charge in [-0.15, -0.1) is 0 Å². The van der Waals surface area contributed by atoms with Gasteiger partial charge in [-0.2, -0.15) is 0 Å². The normalized spacial score (nSPS) is 32.8. The van der Waals surface area contributed by atoms with E-state index in [1.807, 2.05) is 12.1 Å². The average molecular weight is 297 g/mol. The summed E-state index contributed by atoms with van der Waals surface area (Å²) in [5.74, 6) is 1.21. The summed E-state index contributed by atoms with van der Waals surface area (Å²) in [5.41, 5.74) is 1.50. The van der Waals surface area contributed by atoms with Crippen LogP contribution in [0.25, 0.3) is 0 Å². The molecule has 1 saturated carbocycles. The van der Waals surface area contributed by atoms with Gasteiger partial charge >= 0.3 is 0 Å². The SMILES string of the molecule is CCCN=CC1C2CNCC12c1ccc(Cl)c(Cl)c1. The van der Waals surface area contributed by atoms with E-state index in [1.54, 1.807) is 0 Å². The first-order valence-electron chi connectivity index (χ1n) is 6.86. The van der Waals surface area contributed by atoms with Crippen molar-refractivity contribution >= 4 is 29.4 Å². The lowest BCUT2D eigenvalue weighted by atomic mass is 9.93. The number of benzene rings is 1. The molecule has 1 N–H and O–H groups in total. The van der Waals surface area contributed by atoms with Crippen molar-refractivity contribution in [2.45, 2.75) is 18.8 Å². The lowest BCUT2D eigenvalue weighted by Gasteiger charge is -2.15. The van der Waals surface area contributed by atoms with Gasteiger partial charge in [0.25, 0.3) is 0 Å². The Morgan fingerprint density at radius 2 is 2.26 bits per heavy atom. The van der Waals surface area contributed by atoms with Crippen LogP contribution in [0.4, 0.5) is 0 Å². The third-order valence-electron chi connectivity index (χ3n) is 4.44. The molecule has 4 heteroatoms. The first-order valence-corrected chi connectivity index (χ1v) is 7.62. The largest absolute Gasteiger partial charge is 0.315 e. The highest BCUT2D eigenvalue weighted by atomic mass is 35.5. The van der Waals surface area contributed by atoms with Gasteiger partial charge in [0.1, 0.15) is 0 Å². The Balaban J connectivity index is 1.87. The second kappa shape index (κ2) is 5.08. The summed E-state index contributed by atoms with van der Waals surface area (Å²) < 4.78 is 0. The number of nitrogens with zero attached hydrogens (tertiary/aromatic N) is 1. The van der Waals surface area contributed by atoms with Crippen molar-refractivity contribution in [2.75, 3.05) is 19.6 Å². The summed E-state index contributed by atoms with van der Waals surface area (Å²) in [4.78, 5) is 4.53.